The fourth-order valence-corrected chi connectivity index (χ4v) is 6.33. The largest absolute Gasteiger partial charge is 0.497 e. The summed E-state index contributed by atoms with van der Waals surface area (Å²) in [7, 11) is 3.19. The van der Waals surface area contributed by atoms with Gasteiger partial charge in [-0.05, 0) is 47.5 Å². The lowest BCUT2D eigenvalue weighted by molar-refractivity contribution is -0.138. The molecule has 0 spiro atoms. The number of rotatable bonds is 7. The highest BCUT2D eigenvalue weighted by Gasteiger charge is 2.37. The van der Waals surface area contributed by atoms with Gasteiger partial charge in [0, 0.05) is 11.1 Å². The van der Waals surface area contributed by atoms with Gasteiger partial charge in [0.1, 0.15) is 17.5 Å². The predicted molar refractivity (Wildman–Crippen MR) is 165 cm³/mol. The smallest absolute Gasteiger partial charge is 0.338 e. The van der Waals surface area contributed by atoms with Crippen molar-refractivity contribution in [3.05, 3.63) is 133 Å². The van der Waals surface area contributed by atoms with Crippen LogP contribution < -0.4 is 24.4 Å². The van der Waals surface area contributed by atoms with Gasteiger partial charge in [0.15, 0.2) is 4.80 Å². The molecule has 1 aliphatic rings. The molecule has 0 saturated heterocycles. The number of benzene rings is 4. The number of nitrogens with zero attached hydrogens (tertiary/aromatic N) is 2. The zero-order valence-corrected chi connectivity index (χ0v) is 24.2. The number of fused-ring (bicyclic) bond motifs is 2. The fraction of sp³-hybridized carbons (Fsp3) is 0.147. The lowest BCUT2D eigenvalue weighted by Gasteiger charge is -2.28. The van der Waals surface area contributed by atoms with Crippen LogP contribution >= 0.6 is 11.3 Å². The van der Waals surface area contributed by atoms with Crippen molar-refractivity contribution < 1.29 is 19.0 Å². The van der Waals surface area contributed by atoms with Crippen molar-refractivity contribution in [1.29, 1.82) is 0 Å². The number of methoxy groups -OCH3 is 2. The molecule has 6 rings (SSSR count). The maximum Gasteiger partial charge on any atom is 0.338 e. The molecule has 0 amide bonds. The van der Waals surface area contributed by atoms with Crippen LogP contribution in [0.25, 0.3) is 22.5 Å². The Labute approximate surface area is 246 Å². The van der Waals surface area contributed by atoms with Crippen LogP contribution in [-0.2, 0) is 9.53 Å². The fourth-order valence-electron chi connectivity index (χ4n) is 5.33. The summed E-state index contributed by atoms with van der Waals surface area (Å²) >= 11 is 1.27. The third-order valence-electron chi connectivity index (χ3n) is 7.19. The topological polar surface area (TPSA) is 79.1 Å². The SMILES string of the molecule is CCOC(=O)C1=C(c2ccccc2)N=c2s/c(=C/c3cccc(OC)c3)c(=O)n2[C@H]1c1c(OC)ccc2ccccc12. The van der Waals surface area contributed by atoms with E-state index in [0.29, 0.717) is 32.1 Å². The molecule has 0 aliphatic carbocycles. The Morgan fingerprint density at radius 3 is 2.50 bits per heavy atom. The lowest BCUT2D eigenvalue weighted by atomic mass is 9.89. The number of hydrogen-bond donors (Lipinski definition) is 0. The standard InChI is InChI=1S/C34H28N2O5S/c1-4-41-33(38)29-30(23-13-6-5-7-14-23)35-34-36(32(37)27(42-34)20-21-11-10-15-24(19-21)39-2)31(29)28-25-16-9-8-12-22(25)17-18-26(28)40-3/h5-20,31H,4H2,1-3H3/b27-20+/t31-/m0/s1. The highest BCUT2D eigenvalue weighted by molar-refractivity contribution is 7.07. The average Bonchev–Trinajstić information content (AvgIpc) is 3.34. The monoisotopic (exact) mass is 576 g/mol. The summed E-state index contributed by atoms with van der Waals surface area (Å²) in [4.78, 5) is 33.6. The second-order valence-corrected chi connectivity index (χ2v) is 10.6. The van der Waals surface area contributed by atoms with Gasteiger partial charge in [-0.25, -0.2) is 9.79 Å². The Hall–Kier alpha value is -4.95. The van der Waals surface area contributed by atoms with E-state index in [0.717, 1.165) is 21.9 Å². The molecule has 1 aromatic heterocycles. The summed E-state index contributed by atoms with van der Waals surface area (Å²) < 4.78 is 19.0. The summed E-state index contributed by atoms with van der Waals surface area (Å²) in [5.41, 5.74) is 2.72. The molecule has 1 atom stereocenters. The molecule has 0 fully saturated rings. The quantitative estimate of drug-likeness (QED) is 0.252. The van der Waals surface area contributed by atoms with Crippen molar-refractivity contribution >= 4 is 39.9 Å². The van der Waals surface area contributed by atoms with Gasteiger partial charge in [0.25, 0.3) is 5.56 Å². The number of thiazole rings is 1. The van der Waals surface area contributed by atoms with Crippen LogP contribution in [0.15, 0.2) is 106 Å². The first-order valence-electron chi connectivity index (χ1n) is 13.5. The molecular formula is C34H28N2O5S. The Morgan fingerprint density at radius 2 is 1.74 bits per heavy atom. The summed E-state index contributed by atoms with van der Waals surface area (Å²) in [6, 6.07) is 27.8. The normalized spacial score (nSPS) is 14.8. The Balaban J connectivity index is 1.74. The minimum Gasteiger partial charge on any atom is -0.497 e. The summed E-state index contributed by atoms with van der Waals surface area (Å²) in [6.07, 6.45) is 1.82. The van der Waals surface area contributed by atoms with Gasteiger partial charge < -0.3 is 14.2 Å². The van der Waals surface area contributed by atoms with Gasteiger partial charge in [-0.2, -0.15) is 0 Å². The minimum absolute atomic E-state index is 0.171. The van der Waals surface area contributed by atoms with Crippen LogP contribution in [0.3, 0.4) is 0 Å². The first kappa shape index (κ1) is 27.2. The van der Waals surface area contributed by atoms with Crippen LogP contribution in [0.5, 0.6) is 11.5 Å². The van der Waals surface area contributed by atoms with Crippen molar-refractivity contribution in [2.75, 3.05) is 20.8 Å². The van der Waals surface area contributed by atoms with Gasteiger partial charge in [-0.15, -0.1) is 0 Å². The van der Waals surface area contributed by atoms with Gasteiger partial charge in [-0.1, -0.05) is 84.1 Å². The molecule has 42 heavy (non-hydrogen) atoms. The van der Waals surface area contributed by atoms with E-state index in [4.69, 9.17) is 19.2 Å². The molecule has 0 unspecified atom stereocenters. The van der Waals surface area contributed by atoms with Crippen LogP contribution in [0.2, 0.25) is 0 Å². The second kappa shape index (κ2) is 11.5. The van der Waals surface area contributed by atoms with E-state index in [2.05, 4.69) is 0 Å². The van der Waals surface area contributed by atoms with Gasteiger partial charge >= 0.3 is 5.97 Å². The molecule has 5 aromatic rings. The maximum atomic E-state index is 14.3. The molecule has 4 aromatic carbocycles. The summed E-state index contributed by atoms with van der Waals surface area (Å²) in [5.74, 6) is 0.699. The molecule has 1 aliphatic heterocycles. The van der Waals surface area contributed by atoms with E-state index in [-0.39, 0.29) is 17.7 Å². The van der Waals surface area contributed by atoms with E-state index >= 15 is 0 Å². The van der Waals surface area contributed by atoms with Crippen LogP contribution in [0.4, 0.5) is 0 Å². The van der Waals surface area contributed by atoms with E-state index in [1.165, 1.54) is 11.3 Å². The summed E-state index contributed by atoms with van der Waals surface area (Å²) in [6.45, 7) is 1.93. The Kier molecular flexibility index (Phi) is 7.46. The van der Waals surface area contributed by atoms with Crippen LogP contribution in [-0.4, -0.2) is 31.4 Å². The first-order valence-corrected chi connectivity index (χ1v) is 14.3. The van der Waals surface area contributed by atoms with E-state index in [1.54, 1.807) is 25.7 Å². The van der Waals surface area contributed by atoms with Crippen LogP contribution in [0, 0.1) is 0 Å². The average molecular weight is 577 g/mol. The maximum absolute atomic E-state index is 14.3. The highest BCUT2D eigenvalue weighted by atomic mass is 32.1. The minimum atomic E-state index is -0.857. The number of carbonyl (C=O) groups excluding carboxylic acids is 1. The molecule has 0 saturated carbocycles. The molecule has 7 nitrogen and oxygen atoms in total. The third kappa shape index (κ3) is 4.80. The molecule has 0 N–H and O–H groups in total. The van der Waals surface area contributed by atoms with Gasteiger partial charge in [-0.3, -0.25) is 9.36 Å². The zero-order valence-electron chi connectivity index (χ0n) is 23.4. The van der Waals surface area contributed by atoms with Crippen molar-refractivity contribution in [1.82, 2.24) is 4.57 Å². The number of aromatic nitrogens is 1. The summed E-state index contributed by atoms with van der Waals surface area (Å²) in [5, 5.41) is 1.81. The Bertz CT molecular complexity index is 2020. The van der Waals surface area contributed by atoms with E-state index in [9.17, 15) is 9.59 Å². The third-order valence-corrected chi connectivity index (χ3v) is 8.17. The molecule has 8 heteroatoms. The van der Waals surface area contributed by atoms with Crippen molar-refractivity contribution in [2.45, 2.75) is 13.0 Å². The Morgan fingerprint density at radius 1 is 0.952 bits per heavy atom. The molecule has 210 valence electrons. The van der Waals surface area contributed by atoms with Crippen molar-refractivity contribution in [3.63, 3.8) is 0 Å². The molecule has 0 radical (unpaired) electrons. The van der Waals surface area contributed by atoms with Gasteiger partial charge in [0.05, 0.1) is 36.6 Å². The highest BCUT2D eigenvalue weighted by Crippen LogP contribution is 2.42. The van der Waals surface area contributed by atoms with E-state index in [1.807, 2.05) is 97.1 Å². The molecule has 2 heterocycles. The van der Waals surface area contributed by atoms with Gasteiger partial charge in [0.2, 0.25) is 0 Å². The number of carbonyl (C=O) groups is 1. The number of ether oxygens (including phenoxy) is 3. The predicted octanol–water partition coefficient (Wildman–Crippen LogP) is 5.11. The van der Waals surface area contributed by atoms with Crippen molar-refractivity contribution in [3.8, 4) is 11.5 Å². The zero-order chi connectivity index (χ0) is 29.2. The molecular weight excluding hydrogens is 548 g/mol. The molecule has 0 bridgehead atoms. The van der Waals surface area contributed by atoms with E-state index < -0.39 is 12.0 Å². The second-order valence-electron chi connectivity index (χ2n) is 9.61. The van der Waals surface area contributed by atoms with Crippen LogP contribution in [0.1, 0.15) is 29.7 Å². The number of esters is 1. The number of hydrogen-bond acceptors (Lipinski definition) is 7. The van der Waals surface area contributed by atoms with Crippen molar-refractivity contribution in [2.24, 2.45) is 4.99 Å². The lowest BCUT2D eigenvalue weighted by Crippen LogP contribution is -2.40. The first-order chi connectivity index (χ1) is 20.5.